The van der Waals surface area contributed by atoms with E-state index in [1.54, 1.807) is 7.11 Å². The van der Waals surface area contributed by atoms with E-state index in [2.05, 4.69) is 24.5 Å². The predicted octanol–water partition coefficient (Wildman–Crippen LogP) is 2.19. The molecule has 14 heavy (non-hydrogen) atoms. The lowest BCUT2D eigenvalue weighted by Gasteiger charge is -2.08. The minimum absolute atomic E-state index is 0.801. The lowest BCUT2D eigenvalue weighted by Crippen LogP contribution is -2.13. The first-order chi connectivity index (χ1) is 6.77. The van der Waals surface area contributed by atoms with Gasteiger partial charge in [-0.3, -0.25) is 0 Å². The highest BCUT2D eigenvalue weighted by molar-refractivity contribution is 7.80. The molecule has 0 fully saturated rings. The van der Waals surface area contributed by atoms with Crippen LogP contribution in [0.3, 0.4) is 0 Å². The molecule has 0 aromatic heterocycles. The van der Waals surface area contributed by atoms with Gasteiger partial charge in [0.05, 0.1) is 7.11 Å². The standard InChI is InChI=1S/C11H15NOS/c1-9(12-7-8-14)10-3-5-11(13-2)6-4-10/h3-6,12,14H,1,7-8H2,2H3. The molecule has 0 bridgehead atoms. The number of ether oxygens (including phenoxy) is 1. The number of hydrogen-bond donors (Lipinski definition) is 2. The van der Waals surface area contributed by atoms with Gasteiger partial charge in [-0.1, -0.05) is 6.58 Å². The molecular formula is C11H15NOS. The Morgan fingerprint density at radius 1 is 1.43 bits per heavy atom. The Balaban J connectivity index is 2.62. The lowest BCUT2D eigenvalue weighted by atomic mass is 10.1. The zero-order valence-corrected chi connectivity index (χ0v) is 9.18. The molecule has 2 nitrogen and oxygen atoms in total. The van der Waals surface area contributed by atoms with Gasteiger partial charge in [-0.05, 0) is 29.8 Å². The number of hydrogen-bond acceptors (Lipinski definition) is 3. The lowest BCUT2D eigenvalue weighted by molar-refractivity contribution is 0.415. The minimum atomic E-state index is 0.801. The van der Waals surface area contributed by atoms with Crippen LogP contribution >= 0.6 is 12.6 Å². The van der Waals surface area contributed by atoms with Gasteiger partial charge in [-0.25, -0.2) is 0 Å². The maximum Gasteiger partial charge on any atom is 0.118 e. The Hall–Kier alpha value is -1.09. The summed E-state index contributed by atoms with van der Waals surface area (Å²) < 4.78 is 5.07. The van der Waals surface area contributed by atoms with Crippen molar-refractivity contribution in [2.24, 2.45) is 0 Å². The van der Waals surface area contributed by atoms with Crippen LogP contribution in [-0.4, -0.2) is 19.4 Å². The van der Waals surface area contributed by atoms with E-state index in [4.69, 9.17) is 4.74 Å². The maximum absolute atomic E-state index is 5.07. The van der Waals surface area contributed by atoms with Crippen molar-refractivity contribution in [3.63, 3.8) is 0 Å². The van der Waals surface area contributed by atoms with Crippen molar-refractivity contribution in [1.82, 2.24) is 5.32 Å². The van der Waals surface area contributed by atoms with Crippen LogP contribution in [0, 0.1) is 0 Å². The van der Waals surface area contributed by atoms with Crippen molar-refractivity contribution in [2.45, 2.75) is 0 Å². The average molecular weight is 209 g/mol. The van der Waals surface area contributed by atoms with Crippen LogP contribution in [-0.2, 0) is 0 Å². The van der Waals surface area contributed by atoms with Gasteiger partial charge in [0.25, 0.3) is 0 Å². The molecular weight excluding hydrogens is 194 g/mol. The van der Waals surface area contributed by atoms with Gasteiger partial charge in [0.1, 0.15) is 5.75 Å². The van der Waals surface area contributed by atoms with Gasteiger partial charge in [-0.15, -0.1) is 0 Å². The van der Waals surface area contributed by atoms with Gasteiger partial charge >= 0.3 is 0 Å². The smallest absolute Gasteiger partial charge is 0.118 e. The largest absolute Gasteiger partial charge is 0.497 e. The van der Waals surface area contributed by atoms with E-state index >= 15 is 0 Å². The molecule has 0 amide bonds. The summed E-state index contributed by atoms with van der Waals surface area (Å²) in [6.45, 7) is 4.76. The first-order valence-electron chi connectivity index (χ1n) is 4.46. The fourth-order valence-electron chi connectivity index (χ4n) is 1.10. The second-order valence-electron chi connectivity index (χ2n) is 2.86. The molecule has 0 spiro atoms. The van der Waals surface area contributed by atoms with E-state index in [0.717, 1.165) is 29.3 Å². The van der Waals surface area contributed by atoms with Crippen molar-refractivity contribution in [2.75, 3.05) is 19.4 Å². The van der Waals surface area contributed by atoms with Crippen LogP contribution in [0.1, 0.15) is 5.56 Å². The van der Waals surface area contributed by atoms with Crippen LogP contribution in [0.15, 0.2) is 30.8 Å². The normalized spacial score (nSPS) is 9.57. The van der Waals surface area contributed by atoms with Crippen molar-refractivity contribution >= 4 is 18.3 Å². The summed E-state index contributed by atoms with van der Waals surface area (Å²) in [6, 6.07) is 7.80. The Bertz CT molecular complexity index is 295. The molecule has 0 aliphatic rings. The molecule has 0 aliphatic carbocycles. The minimum Gasteiger partial charge on any atom is -0.497 e. The van der Waals surface area contributed by atoms with Crippen LogP contribution in [0.2, 0.25) is 0 Å². The molecule has 0 heterocycles. The quantitative estimate of drug-likeness (QED) is 0.725. The van der Waals surface area contributed by atoms with Crippen LogP contribution in [0.4, 0.5) is 0 Å². The SMILES string of the molecule is C=C(NCCS)c1ccc(OC)cc1. The zero-order valence-electron chi connectivity index (χ0n) is 8.29. The number of rotatable bonds is 5. The van der Waals surface area contributed by atoms with Gasteiger partial charge in [0.15, 0.2) is 0 Å². The molecule has 3 heteroatoms. The van der Waals surface area contributed by atoms with E-state index in [0.29, 0.717) is 0 Å². The topological polar surface area (TPSA) is 21.3 Å². The number of thiol groups is 1. The van der Waals surface area contributed by atoms with Gasteiger partial charge in [-0.2, -0.15) is 12.6 Å². The number of nitrogens with one attached hydrogen (secondary N) is 1. The Labute approximate surface area is 90.4 Å². The third kappa shape index (κ3) is 3.00. The number of methoxy groups -OCH3 is 1. The Morgan fingerprint density at radius 2 is 2.07 bits per heavy atom. The summed E-state index contributed by atoms with van der Waals surface area (Å²) in [6.07, 6.45) is 0. The molecule has 0 aliphatic heterocycles. The van der Waals surface area contributed by atoms with E-state index < -0.39 is 0 Å². The van der Waals surface area contributed by atoms with Gasteiger partial charge in [0.2, 0.25) is 0 Å². The number of benzene rings is 1. The highest BCUT2D eigenvalue weighted by atomic mass is 32.1. The summed E-state index contributed by atoms with van der Waals surface area (Å²) in [7, 11) is 1.66. The third-order valence-electron chi connectivity index (χ3n) is 1.89. The van der Waals surface area contributed by atoms with Crippen molar-refractivity contribution < 1.29 is 4.74 Å². The Morgan fingerprint density at radius 3 is 2.57 bits per heavy atom. The van der Waals surface area contributed by atoms with Crippen LogP contribution in [0.5, 0.6) is 5.75 Å². The van der Waals surface area contributed by atoms with E-state index in [-0.39, 0.29) is 0 Å². The highest BCUT2D eigenvalue weighted by Gasteiger charge is 1.97. The van der Waals surface area contributed by atoms with Gasteiger partial charge in [0, 0.05) is 18.0 Å². The molecule has 0 saturated heterocycles. The first kappa shape index (κ1) is 11.0. The molecule has 1 aromatic carbocycles. The molecule has 76 valence electrons. The van der Waals surface area contributed by atoms with Crippen molar-refractivity contribution in [1.29, 1.82) is 0 Å². The monoisotopic (exact) mass is 209 g/mol. The molecule has 1 rings (SSSR count). The summed E-state index contributed by atoms with van der Waals surface area (Å²) >= 11 is 4.12. The van der Waals surface area contributed by atoms with E-state index in [1.807, 2.05) is 24.3 Å². The highest BCUT2D eigenvalue weighted by Crippen LogP contribution is 2.15. The van der Waals surface area contributed by atoms with Crippen LogP contribution in [0.25, 0.3) is 5.70 Å². The predicted molar refractivity (Wildman–Crippen MR) is 63.9 cm³/mol. The Kier molecular flexibility index (Phi) is 4.40. The fraction of sp³-hybridized carbons (Fsp3) is 0.273. The van der Waals surface area contributed by atoms with Crippen molar-refractivity contribution in [3.8, 4) is 5.75 Å². The molecule has 0 radical (unpaired) electrons. The van der Waals surface area contributed by atoms with Crippen LogP contribution < -0.4 is 10.1 Å². The summed E-state index contributed by atoms with van der Waals surface area (Å²) in [5.41, 5.74) is 1.99. The van der Waals surface area contributed by atoms with E-state index in [9.17, 15) is 0 Å². The van der Waals surface area contributed by atoms with Crippen molar-refractivity contribution in [3.05, 3.63) is 36.4 Å². The maximum atomic E-state index is 5.07. The zero-order chi connectivity index (χ0) is 10.4. The fourth-order valence-corrected chi connectivity index (χ4v) is 1.21. The molecule has 0 saturated carbocycles. The van der Waals surface area contributed by atoms with Gasteiger partial charge < -0.3 is 10.1 Å². The summed E-state index contributed by atoms with van der Waals surface area (Å²) in [5, 5.41) is 3.17. The molecule has 1 aromatic rings. The summed E-state index contributed by atoms with van der Waals surface area (Å²) in [4.78, 5) is 0. The second kappa shape index (κ2) is 5.60. The first-order valence-corrected chi connectivity index (χ1v) is 5.09. The van der Waals surface area contributed by atoms with E-state index in [1.165, 1.54) is 0 Å². The molecule has 0 unspecified atom stereocenters. The second-order valence-corrected chi connectivity index (χ2v) is 3.30. The molecule has 0 atom stereocenters. The summed E-state index contributed by atoms with van der Waals surface area (Å²) in [5.74, 6) is 1.66. The molecule has 1 N–H and O–H groups in total. The average Bonchev–Trinajstić information content (AvgIpc) is 2.26. The third-order valence-corrected chi connectivity index (χ3v) is 2.11.